The second-order valence-electron chi connectivity index (χ2n) is 5.55. The van der Waals surface area contributed by atoms with Crippen molar-refractivity contribution in [2.75, 3.05) is 26.7 Å². The van der Waals surface area contributed by atoms with E-state index in [1.807, 2.05) is 52.0 Å². The van der Waals surface area contributed by atoms with Crippen molar-refractivity contribution < 1.29 is 9.53 Å². The van der Waals surface area contributed by atoms with E-state index in [1.165, 1.54) is 5.56 Å². The Kier molecular flexibility index (Phi) is 6.02. The number of nitrogens with one attached hydrogen (secondary N) is 1. The molecule has 0 unspecified atom stereocenters. The predicted molar refractivity (Wildman–Crippen MR) is 82.1 cm³/mol. The Bertz CT molecular complexity index is 444. The molecule has 0 fully saturated rings. The van der Waals surface area contributed by atoms with Gasteiger partial charge in [0, 0.05) is 7.05 Å². The third kappa shape index (κ3) is 4.85. The van der Waals surface area contributed by atoms with Crippen LogP contribution in [0.15, 0.2) is 24.3 Å². The van der Waals surface area contributed by atoms with Gasteiger partial charge in [-0.3, -0.25) is 4.79 Å². The smallest absolute Gasteiger partial charge is 0.242 e. The lowest BCUT2D eigenvalue weighted by Crippen LogP contribution is -2.53. The second kappa shape index (κ2) is 7.29. The number of nitrogens with zero attached hydrogens (tertiary/aromatic N) is 1. The molecule has 0 aromatic heterocycles. The molecule has 4 heteroatoms. The summed E-state index contributed by atoms with van der Waals surface area (Å²) in [6, 6.07) is 7.91. The summed E-state index contributed by atoms with van der Waals surface area (Å²) in [4.78, 5) is 14.0. The fourth-order valence-corrected chi connectivity index (χ4v) is 2.10. The van der Waals surface area contributed by atoms with Crippen LogP contribution in [-0.4, -0.2) is 43.1 Å². The molecule has 112 valence electrons. The molecule has 20 heavy (non-hydrogen) atoms. The zero-order valence-corrected chi connectivity index (χ0v) is 13.2. The molecule has 4 nitrogen and oxygen atoms in total. The van der Waals surface area contributed by atoms with Crippen molar-refractivity contribution in [3.8, 4) is 5.75 Å². The van der Waals surface area contributed by atoms with Crippen molar-refractivity contribution >= 4 is 5.91 Å². The van der Waals surface area contributed by atoms with Gasteiger partial charge in [0.15, 0.2) is 0 Å². The van der Waals surface area contributed by atoms with E-state index in [-0.39, 0.29) is 5.91 Å². The third-order valence-corrected chi connectivity index (χ3v) is 3.19. The van der Waals surface area contributed by atoms with Crippen molar-refractivity contribution in [1.82, 2.24) is 10.2 Å². The maximum absolute atomic E-state index is 12.3. The fourth-order valence-electron chi connectivity index (χ4n) is 2.10. The highest BCUT2D eigenvalue weighted by atomic mass is 16.5. The lowest BCUT2D eigenvalue weighted by atomic mass is 10.0. The first-order chi connectivity index (χ1) is 9.36. The molecular weight excluding hydrogens is 252 g/mol. The van der Waals surface area contributed by atoms with Crippen LogP contribution < -0.4 is 10.1 Å². The van der Waals surface area contributed by atoms with Gasteiger partial charge in [-0.1, -0.05) is 19.1 Å². The minimum Gasteiger partial charge on any atom is -0.492 e. The van der Waals surface area contributed by atoms with Crippen LogP contribution in [-0.2, 0) is 4.79 Å². The molecule has 0 bridgehead atoms. The molecule has 0 aliphatic carbocycles. The maximum atomic E-state index is 12.3. The average molecular weight is 278 g/mol. The van der Waals surface area contributed by atoms with Gasteiger partial charge in [0.1, 0.15) is 12.4 Å². The number of hydrogen-bond acceptors (Lipinski definition) is 3. The van der Waals surface area contributed by atoms with Gasteiger partial charge < -0.3 is 15.0 Å². The normalized spacial score (nSPS) is 11.2. The summed E-state index contributed by atoms with van der Waals surface area (Å²) in [5, 5.41) is 3.19. The Balaban J connectivity index is 2.43. The number of aryl methyl sites for hydroxylation is 1. The molecule has 1 rings (SSSR count). The molecule has 0 atom stereocenters. The van der Waals surface area contributed by atoms with Crippen molar-refractivity contribution in [3.63, 3.8) is 0 Å². The number of ether oxygens (including phenoxy) is 1. The first kappa shape index (κ1) is 16.5. The minimum atomic E-state index is -0.535. The van der Waals surface area contributed by atoms with Gasteiger partial charge in [-0.15, -0.1) is 0 Å². The van der Waals surface area contributed by atoms with E-state index in [9.17, 15) is 4.79 Å². The Morgan fingerprint density at radius 3 is 2.70 bits per heavy atom. The number of hydrogen-bond donors (Lipinski definition) is 1. The third-order valence-electron chi connectivity index (χ3n) is 3.19. The summed E-state index contributed by atoms with van der Waals surface area (Å²) in [6.45, 7) is 9.66. The SMILES string of the molecule is CCNC(C)(C)C(=O)N(C)CCOc1cccc(C)c1. The lowest BCUT2D eigenvalue weighted by Gasteiger charge is -2.30. The van der Waals surface area contributed by atoms with Crippen molar-refractivity contribution in [1.29, 1.82) is 0 Å². The number of carbonyl (C=O) groups is 1. The monoisotopic (exact) mass is 278 g/mol. The molecule has 0 saturated carbocycles. The summed E-state index contributed by atoms with van der Waals surface area (Å²) >= 11 is 0. The number of amides is 1. The molecule has 1 N–H and O–H groups in total. The van der Waals surface area contributed by atoms with E-state index in [2.05, 4.69) is 5.32 Å². The summed E-state index contributed by atoms with van der Waals surface area (Å²) < 4.78 is 5.67. The fraction of sp³-hybridized carbons (Fsp3) is 0.562. The molecule has 1 aromatic carbocycles. The topological polar surface area (TPSA) is 41.6 Å². The number of carbonyl (C=O) groups excluding carboxylic acids is 1. The second-order valence-corrected chi connectivity index (χ2v) is 5.55. The van der Waals surface area contributed by atoms with E-state index in [0.29, 0.717) is 13.2 Å². The van der Waals surface area contributed by atoms with E-state index in [4.69, 9.17) is 4.74 Å². The zero-order chi connectivity index (χ0) is 15.2. The quantitative estimate of drug-likeness (QED) is 0.831. The first-order valence-electron chi connectivity index (χ1n) is 7.07. The molecule has 0 heterocycles. The Hall–Kier alpha value is -1.55. The number of benzene rings is 1. The standard InChI is InChI=1S/C16H26N2O2/c1-6-17-16(3,4)15(19)18(5)10-11-20-14-9-7-8-13(2)12-14/h7-9,12,17H,6,10-11H2,1-5H3. The van der Waals surface area contributed by atoms with Crippen molar-refractivity contribution in [2.24, 2.45) is 0 Å². The lowest BCUT2D eigenvalue weighted by molar-refractivity contribution is -0.136. The number of rotatable bonds is 7. The van der Waals surface area contributed by atoms with Crippen molar-refractivity contribution in [2.45, 2.75) is 33.2 Å². The first-order valence-corrected chi connectivity index (χ1v) is 7.07. The van der Waals surface area contributed by atoms with Gasteiger partial charge in [-0.2, -0.15) is 0 Å². The van der Waals surface area contributed by atoms with Gasteiger partial charge in [-0.25, -0.2) is 0 Å². The highest BCUT2D eigenvalue weighted by Gasteiger charge is 2.28. The molecular formula is C16H26N2O2. The van der Waals surface area contributed by atoms with Crippen LogP contribution in [0.1, 0.15) is 26.3 Å². The van der Waals surface area contributed by atoms with E-state index >= 15 is 0 Å². The highest BCUT2D eigenvalue weighted by molar-refractivity contribution is 5.85. The molecule has 0 aliphatic heterocycles. The van der Waals surface area contributed by atoms with Crippen LogP contribution in [0.2, 0.25) is 0 Å². The zero-order valence-electron chi connectivity index (χ0n) is 13.2. The Labute approximate surface area is 122 Å². The molecule has 0 aliphatic rings. The predicted octanol–water partition coefficient (Wildman–Crippen LogP) is 2.22. The summed E-state index contributed by atoms with van der Waals surface area (Å²) in [5.41, 5.74) is 0.632. The van der Waals surface area contributed by atoms with E-state index in [1.54, 1.807) is 11.9 Å². The van der Waals surface area contributed by atoms with Crippen LogP contribution in [0.4, 0.5) is 0 Å². The van der Waals surface area contributed by atoms with Gasteiger partial charge in [0.2, 0.25) is 5.91 Å². The Morgan fingerprint density at radius 1 is 1.40 bits per heavy atom. The van der Waals surface area contributed by atoms with E-state index < -0.39 is 5.54 Å². The molecule has 0 radical (unpaired) electrons. The molecule has 0 spiro atoms. The van der Waals surface area contributed by atoms with Gasteiger partial charge in [-0.05, 0) is 45.0 Å². The van der Waals surface area contributed by atoms with Crippen molar-refractivity contribution in [3.05, 3.63) is 29.8 Å². The van der Waals surface area contributed by atoms with Crippen LogP contribution in [0, 0.1) is 6.92 Å². The van der Waals surface area contributed by atoms with Crippen LogP contribution >= 0.6 is 0 Å². The van der Waals surface area contributed by atoms with Gasteiger partial charge in [0.05, 0.1) is 12.1 Å². The minimum absolute atomic E-state index is 0.0761. The van der Waals surface area contributed by atoms with Gasteiger partial charge in [0.25, 0.3) is 0 Å². The Morgan fingerprint density at radius 2 is 2.10 bits per heavy atom. The average Bonchev–Trinajstić information content (AvgIpc) is 2.37. The number of likely N-dealkylation sites (N-methyl/N-ethyl adjacent to an activating group) is 2. The van der Waals surface area contributed by atoms with Crippen LogP contribution in [0.5, 0.6) is 5.75 Å². The summed E-state index contributed by atoms with van der Waals surface area (Å²) in [5.74, 6) is 0.920. The van der Waals surface area contributed by atoms with Gasteiger partial charge >= 0.3 is 0 Å². The largest absolute Gasteiger partial charge is 0.492 e. The summed E-state index contributed by atoms with van der Waals surface area (Å²) in [7, 11) is 1.81. The maximum Gasteiger partial charge on any atom is 0.242 e. The summed E-state index contributed by atoms with van der Waals surface area (Å²) in [6.07, 6.45) is 0. The molecule has 1 aromatic rings. The molecule has 0 saturated heterocycles. The van der Waals surface area contributed by atoms with E-state index in [0.717, 1.165) is 12.3 Å². The van der Waals surface area contributed by atoms with Crippen LogP contribution in [0.3, 0.4) is 0 Å². The molecule has 1 amide bonds. The van der Waals surface area contributed by atoms with Crippen LogP contribution in [0.25, 0.3) is 0 Å². The highest BCUT2D eigenvalue weighted by Crippen LogP contribution is 2.12.